The van der Waals surface area contributed by atoms with Gasteiger partial charge in [-0.3, -0.25) is 4.79 Å². The van der Waals surface area contributed by atoms with Gasteiger partial charge in [0.2, 0.25) is 10.0 Å². The summed E-state index contributed by atoms with van der Waals surface area (Å²) in [6, 6.07) is 10.9. The lowest BCUT2D eigenvalue weighted by molar-refractivity contribution is 0.505. The number of hydrogen-bond acceptors (Lipinski definition) is 5. The van der Waals surface area contributed by atoms with Crippen molar-refractivity contribution < 1.29 is 8.42 Å². The first-order chi connectivity index (χ1) is 14.9. The van der Waals surface area contributed by atoms with Crippen molar-refractivity contribution in [3.63, 3.8) is 0 Å². The summed E-state index contributed by atoms with van der Waals surface area (Å²) in [5.41, 5.74) is 3.90. The zero-order valence-electron chi connectivity index (χ0n) is 17.2. The highest BCUT2D eigenvalue weighted by molar-refractivity contribution is 7.89. The maximum atomic E-state index is 13.3. The molecule has 0 bridgehead atoms. The number of aromatic nitrogens is 3. The minimum absolute atomic E-state index is 0.0427. The van der Waals surface area contributed by atoms with Gasteiger partial charge in [0.25, 0.3) is 5.56 Å². The van der Waals surface area contributed by atoms with Gasteiger partial charge in [-0.15, -0.1) is 0 Å². The molecule has 2 aromatic heterocycles. The largest absolute Gasteiger partial charge is 0.387 e. The number of H-pyrrole nitrogens is 2. The first-order valence-corrected chi connectivity index (χ1v) is 11.7. The molecule has 0 unspecified atom stereocenters. The number of nitrogens with zero attached hydrogens (tertiary/aromatic N) is 1. The van der Waals surface area contributed by atoms with Gasteiger partial charge in [-0.05, 0) is 43.5 Å². The second kappa shape index (κ2) is 7.21. The number of sulfonamides is 1. The number of fused-ring (bicyclic) bond motifs is 4. The molecule has 9 heteroatoms. The molecule has 0 spiro atoms. The van der Waals surface area contributed by atoms with E-state index in [0.717, 1.165) is 17.6 Å². The molecule has 1 aliphatic rings. The number of hydrogen-bond donors (Lipinski definition) is 4. The average Bonchev–Trinajstić information content (AvgIpc) is 3.10. The Bertz CT molecular complexity index is 1490. The van der Waals surface area contributed by atoms with E-state index in [-0.39, 0.29) is 21.9 Å². The lowest BCUT2D eigenvalue weighted by atomic mass is 9.92. The molecule has 1 aliphatic carbocycles. The van der Waals surface area contributed by atoms with Crippen molar-refractivity contribution in [2.24, 2.45) is 0 Å². The van der Waals surface area contributed by atoms with Crippen LogP contribution < -0.4 is 15.6 Å². The minimum Gasteiger partial charge on any atom is -0.387 e. The number of para-hydroxylation sites is 1. The van der Waals surface area contributed by atoms with Crippen LogP contribution in [0.5, 0.6) is 0 Å². The summed E-state index contributed by atoms with van der Waals surface area (Å²) < 4.78 is 29.4. The van der Waals surface area contributed by atoms with Crippen LogP contribution in [0.3, 0.4) is 0 Å². The van der Waals surface area contributed by atoms with Gasteiger partial charge in [-0.25, -0.2) is 18.1 Å². The van der Waals surface area contributed by atoms with Crippen molar-refractivity contribution in [3.05, 3.63) is 63.8 Å². The van der Waals surface area contributed by atoms with Crippen LogP contribution in [0.2, 0.25) is 0 Å². The summed E-state index contributed by atoms with van der Waals surface area (Å²) in [5.74, 6) is 0.477. The Labute approximate surface area is 179 Å². The topological polar surface area (TPSA) is 120 Å². The fourth-order valence-corrected chi connectivity index (χ4v) is 5.96. The van der Waals surface area contributed by atoms with E-state index < -0.39 is 10.0 Å². The van der Waals surface area contributed by atoms with Gasteiger partial charge in [0.15, 0.2) is 0 Å². The van der Waals surface area contributed by atoms with Gasteiger partial charge >= 0.3 is 0 Å². The molecule has 160 valence electrons. The molecule has 2 aromatic carbocycles. The molecule has 0 fully saturated rings. The summed E-state index contributed by atoms with van der Waals surface area (Å²) >= 11 is 0. The third-order valence-electron chi connectivity index (χ3n) is 5.90. The standard InChI is InChI=1S/C22H23N5O3S/c1-12-24-19-11-20(23-2)21(10-16(19)22(28)25-12)31(29,30)27-13-7-8-15-14-5-3-4-6-17(14)26-18(15)9-13/h3-6,10-11,13,23,26-27H,7-9H2,1-2H3,(H,24,25,28)/t13-/m0/s1. The molecule has 4 N–H and O–H groups in total. The van der Waals surface area contributed by atoms with Crippen molar-refractivity contribution in [3.8, 4) is 0 Å². The third-order valence-corrected chi connectivity index (χ3v) is 7.46. The van der Waals surface area contributed by atoms with E-state index in [4.69, 9.17) is 0 Å². The molecule has 5 rings (SSSR count). The summed E-state index contributed by atoms with van der Waals surface area (Å²) in [7, 11) is -2.21. The van der Waals surface area contributed by atoms with Crippen LogP contribution in [0.4, 0.5) is 5.69 Å². The zero-order chi connectivity index (χ0) is 21.8. The van der Waals surface area contributed by atoms with Crippen LogP contribution in [-0.4, -0.2) is 36.5 Å². The number of aryl methyl sites for hydroxylation is 2. The fourth-order valence-electron chi connectivity index (χ4n) is 4.47. The highest BCUT2D eigenvalue weighted by Crippen LogP contribution is 2.31. The van der Waals surface area contributed by atoms with Gasteiger partial charge in [0.05, 0.1) is 16.6 Å². The van der Waals surface area contributed by atoms with Crippen molar-refractivity contribution in [1.29, 1.82) is 0 Å². The first kappa shape index (κ1) is 19.8. The van der Waals surface area contributed by atoms with Gasteiger partial charge in [0, 0.05) is 36.1 Å². The molecule has 0 saturated carbocycles. The summed E-state index contributed by atoms with van der Waals surface area (Å²) in [5, 5.41) is 4.37. The molecule has 0 saturated heterocycles. The molecular weight excluding hydrogens is 414 g/mol. The Kier molecular flexibility index (Phi) is 4.60. The quantitative estimate of drug-likeness (QED) is 0.391. The number of benzene rings is 2. The Morgan fingerprint density at radius 3 is 2.74 bits per heavy atom. The van der Waals surface area contributed by atoms with Crippen LogP contribution in [0.15, 0.2) is 46.1 Å². The monoisotopic (exact) mass is 437 g/mol. The third kappa shape index (κ3) is 3.39. The number of rotatable bonds is 4. The van der Waals surface area contributed by atoms with Gasteiger partial charge in [-0.1, -0.05) is 18.2 Å². The number of nitrogens with one attached hydrogen (secondary N) is 4. The van der Waals surface area contributed by atoms with Crippen molar-refractivity contribution in [2.75, 3.05) is 12.4 Å². The molecule has 2 heterocycles. The van der Waals surface area contributed by atoms with Crippen LogP contribution >= 0.6 is 0 Å². The number of aromatic amines is 2. The second-order valence-electron chi connectivity index (χ2n) is 7.96. The molecule has 31 heavy (non-hydrogen) atoms. The zero-order valence-corrected chi connectivity index (χ0v) is 18.1. The second-order valence-corrected chi connectivity index (χ2v) is 9.64. The Balaban J connectivity index is 1.49. The maximum absolute atomic E-state index is 13.3. The van der Waals surface area contributed by atoms with Crippen molar-refractivity contribution in [1.82, 2.24) is 19.7 Å². The van der Waals surface area contributed by atoms with Gasteiger partial charge in [-0.2, -0.15) is 0 Å². The lowest BCUT2D eigenvalue weighted by Gasteiger charge is -2.24. The van der Waals surface area contributed by atoms with E-state index in [1.54, 1.807) is 20.0 Å². The fraction of sp³-hybridized carbons (Fsp3) is 0.273. The van der Waals surface area contributed by atoms with E-state index in [1.807, 2.05) is 18.2 Å². The summed E-state index contributed by atoms with van der Waals surface area (Å²) in [6.45, 7) is 1.69. The van der Waals surface area contributed by atoms with Crippen molar-refractivity contribution in [2.45, 2.75) is 37.1 Å². The highest BCUT2D eigenvalue weighted by Gasteiger charge is 2.28. The van der Waals surface area contributed by atoms with E-state index in [2.05, 4.69) is 31.1 Å². The maximum Gasteiger partial charge on any atom is 0.258 e. The number of anilines is 1. The van der Waals surface area contributed by atoms with Gasteiger partial charge in [0.1, 0.15) is 10.7 Å². The molecular formula is C22H23N5O3S. The normalized spacial score (nSPS) is 16.5. The summed E-state index contributed by atoms with van der Waals surface area (Å²) in [6.07, 6.45) is 2.09. The van der Waals surface area contributed by atoms with Crippen LogP contribution in [0, 0.1) is 6.92 Å². The average molecular weight is 438 g/mol. The Morgan fingerprint density at radius 2 is 1.94 bits per heavy atom. The predicted octanol–water partition coefficient (Wildman–Crippen LogP) is 2.59. The molecule has 0 amide bonds. The van der Waals surface area contributed by atoms with E-state index in [0.29, 0.717) is 29.9 Å². The van der Waals surface area contributed by atoms with Crippen molar-refractivity contribution >= 4 is 37.5 Å². The Morgan fingerprint density at radius 1 is 1.13 bits per heavy atom. The van der Waals surface area contributed by atoms with Crippen LogP contribution in [-0.2, 0) is 22.9 Å². The van der Waals surface area contributed by atoms with Gasteiger partial charge < -0.3 is 15.3 Å². The molecule has 8 nitrogen and oxygen atoms in total. The first-order valence-electron chi connectivity index (χ1n) is 10.2. The summed E-state index contributed by atoms with van der Waals surface area (Å²) in [4.78, 5) is 22.8. The molecule has 0 aliphatic heterocycles. The molecule has 4 aromatic rings. The van der Waals surface area contributed by atoms with Crippen LogP contribution in [0.1, 0.15) is 23.5 Å². The molecule has 0 radical (unpaired) electrons. The van der Waals surface area contributed by atoms with Crippen LogP contribution in [0.25, 0.3) is 21.8 Å². The predicted molar refractivity (Wildman–Crippen MR) is 121 cm³/mol. The molecule has 1 atom stereocenters. The highest BCUT2D eigenvalue weighted by atomic mass is 32.2. The SMILES string of the molecule is CNc1cc2nc(C)[nH]c(=O)c2cc1S(=O)(=O)N[C@H]1CCc2c([nH]c3ccccc23)C1. The smallest absolute Gasteiger partial charge is 0.258 e. The lowest BCUT2D eigenvalue weighted by Crippen LogP contribution is -2.39. The minimum atomic E-state index is -3.86. The van der Waals surface area contributed by atoms with E-state index in [9.17, 15) is 13.2 Å². The van der Waals surface area contributed by atoms with E-state index in [1.165, 1.54) is 17.0 Å². The van der Waals surface area contributed by atoms with E-state index >= 15 is 0 Å². The Hall–Kier alpha value is -3.17.